The van der Waals surface area contributed by atoms with E-state index in [1.165, 1.54) is 19.2 Å². The van der Waals surface area contributed by atoms with Crippen LogP contribution in [0.4, 0.5) is 5.69 Å². The number of hydrogen-bond acceptors (Lipinski definition) is 5. The molecule has 0 aliphatic heterocycles. The maximum absolute atomic E-state index is 12.5. The molecule has 0 aromatic heterocycles. The van der Waals surface area contributed by atoms with E-state index in [-0.39, 0.29) is 23.7 Å². The van der Waals surface area contributed by atoms with Gasteiger partial charge in [0.05, 0.1) is 9.82 Å². The Balaban J connectivity index is 2.09. The first-order valence-electron chi connectivity index (χ1n) is 7.21. The van der Waals surface area contributed by atoms with E-state index in [1.54, 1.807) is 19.1 Å². The van der Waals surface area contributed by atoms with E-state index in [9.17, 15) is 18.5 Å². The first-order valence-corrected chi connectivity index (χ1v) is 8.65. The SMILES string of the molecule is Cc1ccc(S(=O)(=O)N(C)CCOc2ccccc2)cc1[N+](=O)[O-]. The van der Waals surface area contributed by atoms with Crippen molar-refractivity contribution < 1.29 is 18.1 Å². The molecule has 2 rings (SSSR count). The lowest BCUT2D eigenvalue weighted by Crippen LogP contribution is -2.31. The fourth-order valence-corrected chi connectivity index (χ4v) is 3.23. The molecule has 0 heterocycles. The van der Waals surface area contributed by atoms with Gasteiger partial charge in [-0.3, -0.25) is 10.1 Å². The summed E-state index contributed by atoms with van der Waals surface area (Å²) in [4.78, 5) is 10.3. The van der Waals surface area contributed by atoms with Crippen LogP contribution in [-0.2, 0) is 10.0 Å². The number of ether oxygens (including phenoxy) is 1. The Bertz CT molecular complexity index is 822. The standard InChI is InChI=1S/C16H18N2O5S/c1-13-8-9-15(12-16(13)18(19)20)24(21,22)17(2)10-11-23-14-6-4-3-5-7-14/h3-9,12H,10-11H2,1-2H3. The summed E-state index contributed by atoms with van der Waals surface area (Å²) in [5, 5.41) is 11.0. The van der Waals surface area contributed by atoms with Crippen LogP contribution in [0.5, 0.6) is 5.75 Å². The van der Waals surface area contributed by atoms with E-state index in [0.717, 1.165) is 10.4 Å². The van der Waals surface area contributed by atoms with E-state index < -0.39 is 14.9 Å². The van der Waals surface area contributed by atoms with Crippen LogP contribution in [0.25, 0.3) is 0 Å². The maximum atomic E-state index is 12.5. The molecule has 0 saturated carbocycles. The normalized spacial score (nSPS) is 11.5. The molecular weight excluding hydrogens is 332 g/mol. The lowest BCUT2D eigenvalue weighted by molar-refractivity contribution is -0.385. The zero-order valence-corrected chi connectivity index (χ0v) is 14.2. The van der Waals surface area contributed by atoms with E-state index in [0.29, 0.717) is 11.3 Å². The molecule has 0 unspecified atom stereocenters. The molecule has 0 amide bonds. The van der Waals surface area contributed by atoms with Crippen LogP contribution in [0.3, 0.4) is 0 Å². The molecule has 7 nitrogen and oxygen atoms in total. The average Bonchev–Trinajstić information content (AvgIpc) is 2.55. The molecule has 0 aliphatic rings. The van der Waals surface area contributed by atoms with Gasteiger partial charge in [0.25, 0.3) is 5.69 Å². The third-order valence-corrected chi connectivity index (χ3v) is 5.36. The molecule has 0 atom stereocenters. The molecule has 128 valence electrons. The Kier molecular flexibility index (Phi) is 5.53. The monoisotopic (exact) mass is 350 g/mol. The maximum Gasteiger partial charge on any atom is 0.273 e. The van der Waals surface area contributed by atoms with Crippen molar-refractivity contribution in [3.63, 3.8) is 0 Å². The van der Waals surface area contributed by atoms with Gasteiger partial charge in [-0.15, -0.1) is 0 Å². The van der Waals surface area contributed by atoms with Crippen molar-refractivity contribution >= 4 is 15.7 Å². The van der Waals surface area contributed by atoms with Gasteiger partial charge in [0.1, 0.15) is 12.4 Å². The predicted molar refractivity (Wildman–Crippen MR) is 89.6 cm³/mol. The number of aryl methyl sites for hydroxylation is 1. The van der Waals surface area contributed by atoms with E-state index in [1.807, 2.05) is 18.2 Å². The van der Waals surface area contributed by atoms with Crippen molar-refractivity contribution in [3.05, 3.63) is 64.2 Å². The van der Waals surface area contributed by atoms with Crippen LogP contribution in [0.1, 0.15) is 5.56 Å². The predicted octanol–water partition coefficient (Wildman–Crippen LogP) is 2.60. The van der Waals surface area contributed by atoms with Crippen molar-refractivity contribution in [2.75, 3.05) is 20.2 Å². The molecule has 2 aromatic carbocycles. The molecular formula is C16H18N2O5S. The van der Waals surface area contributed by atoms with Crippen LogP contribution in [0, 0.1) is 17.0 Å². The van der Waals surface area contributed by atoms with Crippen LogP contribution in [0.2, 0.25) is 0 Å². The highest BCUT2D eigenvalue weighted by atomic mass is 32.2. The summed E-state index contributed by atoms with van der Waals surface area (Å²) in [7, 11) is -2.41. The summed E-state index contributed by atoms with van der Waals surface area (Å²) >= 11 is 0. The van der Waals surface area contributed by atoms with Gasteiger partial charge in [0.2, 0.25) is 10.0 Å². The minimum absolute atomic E-state index is 0.109. The van der Waals surface area contributed by atoms with Gasteiger partial charge in [-0.1, -0.05) is 24.3 Å². The molecule has 0 radical (unpaired) electrons. The van der Waals surface area contributed by atoms with Crippen LogP contribution in [0.15, 0.2) is 53.4 Å². The third-order valence-electron chi connectivity index (χ3n) is 3.50. The summed E-state index contributed by atoms with van der Waals surface area (Å²) in [6, 6.07) is 12.9. The second kappa shape index (κ2) is 7.41. The zero-order valence-electron chi connectivity index (χ0n) is 13.4. The van der Waals surface area contributed by atoms with E-state index >= 15 is 0 Å². The Morgan fingerprint density at radius 2 is 1.83 bits per heavy atom. The lowest BCUT2D eigenvalue weighted by atomic mass is 10.2. The summed E-state index contributed by atoms with van der Waals surface area (Å²) in [6.45, 7) is 1.86. The Morgan fingerprint density at radius 3 is 2.46 bits per heavy atom. The molecule has 24 heavy (non-hydrogen) atoms. The van der Waals surface area contributed by atoms with Gasteiger partial charge in [-0.25, -0.2) is 8.42 Å². The molecule has 0 bridgehead atoms. The van der Waals surface area contributed by atoms with Gasteiger partial charge in [-0.05, 0) is 25.1 Å². The van der Waals surface area contributed by atoms with Crippen molar-refractivity contribution in [1.29, 1.82) is 0 Å². The van der Waals surface area contributed by atoms with Gasteiger partial charge in [0, 0.05) is 25.2 Å². The van der Waals surface area contributed by atoms with E-state index in [2.05, 4.69) is 0 Å². The number of nitrogens with zero attached hydrogens (tertiary/aromatic N) is 2. The summed E-state index contributed by atoms with van der Waals surface area (Å²) < 4.78 is 31.6. The first-order chi connectivity index (χ1) is 11.3. The van der Waals surface area contributed by atoms with E-state index in [4.69, 9.17) is 4.74 Å². The second-order valence-corrected chi connectivity index (χ2v) is 7.24. The molecule has 2 aromatic rings. The Labute approximate surface area is 140 Å². The Hall–Kier alpha value is -2.45. The number of nitro groups is 1. The van der Waals surface area contributed by atoms with Crippen molar-refractivity contribution in [2.24, 2.45) is 0 Å². The zero-order chi connectivity index (χ0) is 17.7. The minimum Gasteiger partial charge on any atom is -0.492 e. The summed E-state index contributed by atoms with van der Waals surface area (Å²) in [5.74, 6) is 0.647. The number of nitro benzene ring substituents is 1. The fraction of sp³-hybridized carbons (Fsp3) is 0.250. The fourth-order valence-electron chi connectivity index (χ4n) is 2.06. The topological polar surface area (TPSA) is 89.8 Å². The number of sulfonamides is 1. The van der Waals surface area contributed by atoms with Gasteiger partial charge >= 0.3 is 0 Å². The Morgan fingerprint density at radius 1 is 1.17 bits per heavy atom. The summed E-state index contributed by atoms with van der Waals surface area (Å²) in [5.41, 5.74) is 0.194. The minimum atomic E-state index is -3.82. The highest BCUT2D eigenvalue weighted by Crippen LogP contribution is 2.24. The first kappa shape index (κ1) is 17.9. The molecule has 8 heteroatoms. The number of benzene rings is 2. The van der Waals surface area contributed by atoms with Crippen molar-refractivity contribution in [1.82, 2.24) is 4.31 Å². The molecule has 0 fully saturated rings. The molecule has 0 N–H and O–H groups in total. The van der Waals surface area contributed by atoms with Crippen LogP contribution >= 0.6 is 0 Å². The smallest absolute Gasteiger partial charge is 0.273 e. The largest absolute Gasteiger partial charge is 0.492 e. The van der Waals surface area contributed by atoms with Crippen LogP contribution < -0.4 is 4.74 Å². The number of rotatable bonds is 7. The molecule has 0 aliphatic carbocycles. The van der Waals surface area contributed by atoms with Crippen molar-refractivity contribution in [3.8, 4) is 5.75 Å². The van der Waals surface area contributed by atoms with Gasteiger partial charge < -0.3 is 4.74 Å². The average molecular weight is 350 g/mol. The quantitative estimate of drug-likeness (QED) is 0.565. The number of hydrogen-bond donors (Lipinski definition) is 0. The highest BCUT2D eigenvalue weighted by Gasteiger charge is 2.24. The number of likely N-dealkylation sites (N-methyl/N-ethyl adjacent to an activating group) is 1. The second-order valence-electron chi connectivity index (χ2n) is 5.19. The van der Waals surface area contributed by atoms with Gasteiger partial charge in [0.15, 0.2) is 0 Å². The third kappa shape index (κ3) is 4.09. The number of para-hydroxylation sites is 1. The highest BCUT2D eigenvalue weighted by molar-refractivity contribution is 7.89. The van der Waals surface area contributed by atoms with Crippen LogP contribution in [-0.4, -0.2) is 37.8 Å². The molecule has 0 spiro atoms. The van der Waals surface area contributed by atoms with Crippen molar-refractivity contribution in [2.45, 2.75) is 11.8 Å². The van der Waals surface area contributed by atoms with Gasteiger partial charge in [-0.2, -0.15) is 4.31 Å². The lowest BCUT2D eigenvalue weighted by Gasteiger charge is -2.17. The summed E-state index contributed by atoms with van der Waals surface area (Å²) in [6.07, 6.45) is 0. The molecule has 0 saturated heterocycles.